The number of hydrogen-bond acceptors (Lipinski definition) is 7. The molecule has 2 heterocycles. The van der Waals surface area contributed by atoms with Crippen molar-refractivity contribution in [1.29, 1.82) is 0 Å². The maximum absolute atomic E-state index is 12.5. The Hall–Kier alpha value is -4.47. The SMILES string of the molecule is CCOC(=O)c1ccc(NC(=O)Cn2nc3nc(Nc4ccccc4)ccn3c2=O)cc1. The summed E-state index contributed by atoms with van der Waals surface area (Å²) in [5.41, 5.74) is 1.23. The van der Waals surface area contributed by atoms with Crippen LogP contribution in [-0.2, 0) is 16.1 Å². The number of benzene rings is 2. The number of nitrogens with zero attached hydrogens (tertiary/aromatic N) is 4. The van der Waals surface area contributed by atoms with Crippen molar-refractivity contribution in [3.63, 3.8) is 0 Å². The van der Waals surface area contributed by atoms with E-state index in [0.29, 0.717) is 17.1 Å². The number of ether oxygens (including phenoxy) is 1. The normalized spacial score (nSPS) is 10.7. The zero-order valence-corrected chi connectivity index (χ0v) is 17.2. The van der Waals surface area contributed by atoms with Crippen LogP contribution in [0.4, 0.5) is 17.2 Å². The fourth-order valence-electron chi connectivity index (χ4n) is 2.99. The van der Waals surface area contributed by atoms with Gasteiger partial charge in [0.2, 0.25) is 5.91 Å². The van der Waals surface area contributed by atoms with E-state index in [1.165, 1.54) is 4.40 Å². The van der Waals surface area contributed by atoms with E-state index in [2.05, 4.69) is 20.7 Å². The van der Waals surface area contributed by atoms with Gasteiger partial charge in [-0.25, -0.2) is 18.7 Å². The van der Waals surface area contributed by atoms with Crippen LogP contribution in [0.3, 0.4) is 0 Å². The number of rotatable bonds is 7. The molecular formula is C22H20N6O4. The Morgan fingerprint density at radius 3 is 2.47 bits per heavy atom. The lowest BCUT2D eigenvalue weighted by Gasteiger charge is -2.06. The summed E-state index contributed by atoms with van der Waals surface area (Å²) < 4.78 is 7.23. The van der Waals surface area contributed by atoms with E-state index in [0.717, 1.165) is 10.4 Å². The Balaban J connectivity index is 1.45. The number of para-hydroxylation sites is 1. The Labute approximate surface area is 182 Å². The molecule has 10 nitrogen and oxygen atoms in total. The van der Waals surface area contributed by atoms with E-state index in [1.54, 1.807) is 43.5 Å². The van der Waals surface area contributed by atoms with Gasteiger partial charge in [0.05, 0.1) is 12.2 Å². The van der Waals surface area contributed by atoms with Gasteiger partial charge < -0.3 is 15.4 Å². The second-order valence-electron chi connectivity index (χ2n) is 6.76. The van der Waals surface area contributed by atoms with Gasteiger partial charge in [-0.15, -0.1) is 5.10 Å². The smallest absolute Gasteiger partial charge is 0.352 e. The van der Waals surface area contributed by atoms with E-state index in [-0.39, 0.29) is 18.9 Å². The molecule has 0 radical (unpaired) electrons. The van der Waals surface area contributed by atoms with Crippen molar-refractivity contribution in [2.45, 2.75) is 13.5 Å². The first kappa shape index (κ1) is 20.8. The van der Waals surface area contributed by atoms with Crippen LogP contribution in [0.15, 0.2) is 71.7 Å². The quantitative estimate of drug-likeness (QED) is 0.431. The molecule has 0 atom stereocenters. The van der Waals surface area contributed by atoms with Gasteiger partial charge in [-0.3, -0.25) is 4.79 Å². The molecule has 4 aromatic rings. The van der Waals surface area contributed by atoms with Gasteiger partial charge in [0.25, 0.3) is 5.78 Å². The second-order valence-corrected chi connectivity index (χ2v) is 6.76. The van der Waals surface area contributed by atoms with E-state index in [4.69, 9.17) is 4.74 Å². The topological polar surface area (TPSA) is 120 Å². The van der Waals surface area contributed by atoms with Crippen molar-refractivity contribution in [2.75, 3.05) is 17.2 Å². The number of carbonyl (C=O) groups is 2. The molecule has 2 N–H and O–H groups in total. The van der Waals surface area contributed by atoms with Crippen LogP contribution >= 0.6 is 0 Å². The van der Waals surface area contributed by atoms with Crippen LogP contribution in [0.2, 0.25) is 0 Å². The lowest BCUT2D eigenvalue weighted by atomic mass is 10.2. The van der Waals surface area contributed by atoms with Gasteiger partial charge in [0.15, 0.2) is 0 Å². The molecule has 0 fully saturated rings. The molecule has 0 aliphatic heterocycles. The zero-order chi connectivity index (χ0) is 22.5. The van der Waals surface area contributed by atoms with Crippen LogP contribution < -0.4 is 16.3 Å². The lowest BCUT2D eigenvalue weighted by Crippen LogP contribution is -2.28. The molecule has 0 saturated carbocycles. The Kier molecular flexibility index (Phi) is 5.93. The summed E-state index contributed by atoms with van der Waals surface area (Å²) in [6.45, 7) is 1.72. The summed E-state index contributed by atoms with van der Waals surface area (Å²) in [5.74, 6) is -0.188. The first-order valence-electron chi connectivity index (χ1n) is 9.89. The molecule has 1 amide bonds. The van der Waals surface area contributed by atoms with Crippen LogP contribution in [-0.4, -0.2) is 37.6 Å². The minimum absolute atomic E-state index is 0.169. The van der Waals surface area contributed by atoms with Gasteiger partial charge in [-0.2, -0.15) is 4.98 Å². The number of fused-ring (bicyclic) bond motifs is 1. The number of amides is 1. The van der Waals surface area contributed by atoms with Crippen molar-refractivity contribution in [3.8, 4) is 0 Å². The van der Waals surface area contributed by atoms with Crippen molar-refractivity contribution < 1.29 is 14.3 Å². The van der Waals surface area contributed by atoms with E-state index in [9.17, 15) is 14.4 Å². The number of aromatic nitrogens is 4. The van der Waals surface area contributed by atoms with E-state index >= 15 is 0 Å². The average molecular weight is 432 g/mol. The summed E-state index contributed by atoms with van der Waals surface area (Å²) in [6, 6.07) is 17.4. The fraction of sp³-hybridized carbons (Fsp3) is 0.136. The number of anilines is 3. The summed E-state index contributed by atoms with van der Waals surface area (Å²) >= 11 is 0. The third kappa shape index (κ3) is 4.64. The van der Waals surface area contributed by atoms with Crippen molar-refractivity contribution in [3.05, 3.63) is 82.9 Å². The van der Waals surface area contributed by atoms with Crippen molar-refractivity contribution in [2.24, 2.45) is 0 Å². The summed E-state index contributed by atoms with van der Waals surface area (Å²) in [6.07, 6.45) is 1.55. The highest BCUT2D eigenvalue weighted by atomic mass is 16.5. The fourth-order valence-corrected chi connectivity index (χ4v) is 2.99. The number of hydrogen-bond donors (Lipinski definition) is 2. The predicted molar refractivity (Wildman–Crippen MR) is 118 cm³/mol. The third-order valence-corrected chi connectivity index (χ3v) is 4.47. The number of nitrogens with one attached hydrogen (secondary N) is 2. The Morgan fingerprint density at radius 1 is 1.00 bits per heavy atom. The molecule has 2 aromatic heterocycles. The summed E-state index contributed by atoms with van der Waals surface area (Å²) in [5, 5.41) is 9.95. The molecule has 2 aromatic carbocycles. The molecule has 10 heteroatoms. The maximum atomic E-state index is 12.5. The monoisotopic (exact) mass is 432 g/mol. The van der Waals surface area contributed by atoms with Crippen LogP contribution in [0.25, 0.3) is 5.78 Å². The number of carbonyl (C=O) groups excluding carboxylic acids is 2. The molecule has 4 rings (SSSR count). The van der Waals surface area contributed by atoms with Gasteiger partial charge in [-0.1, -0.05) is 18.2 Å². The molecule has 0 bridgehead atoms. The second kappa shape index (κ2) is 9.13. The average Bonchev–Trinajstić information content (AvgIpc) is 3.09. The predicted octanol–water partition coefficient (Wildman–Crippen LogP) is 2.45. The van der Waals surface area contributed by atoms with E-state index < -0.39 is 17.6 Å². The first-order chi connectivity index (χ1) is 15.5. The van der Waals surface area contributed by atoms with Gasteiger partial charge in [0.1, 0.15) is 12.4 Å². The Bertz CT molecular complexity index is 1310. The standard InChI is InChI=1S/C22H20N6O4/c1-2-32-20(30)15-8-10-17(11-9-15)24-19(29)14-28-22(31)27-13-12-18(25-21(27)26-28)23-16-6-4-3-5-7-16/h3-13H,2,14H2,1H3,(H,24,29)(H,23,25,26). The van der Waals surface area contributed by atoms with Crippen molar-refractivity contribution >= 4 is 34.8 Å². The molecule has 0 saturated heterocycles. The largest absolute Gasteiger partial charge is 0.462 e. The van der Waals surface area contributed by atoms with Crippen LogP contribution in [0, 0.1) is 0 Å². The van der Waals surface area contributed by atoms with Crippen LogP contribution in [0.5, 0.6) is 0 Å². The maximum Gasteiger partial charge on any atom is 0.352 e. The molecule has 0 spiro atoms. The van der Waals surface area contributed by atoms with Gasteiger partial charge in [-0.05, 0) is 49.4 Å². The highest BCUT2D eigenvalue weighted by Crippen LogP contribution is 2.14. The molecule has 162 valence electrons. The lowest BCUT2D eigenvalue weighted by molar-refractivity contribution is -0.117. The Morgan fingerprint density at radius 2 is 1.75 bits per heavy atom. The molecular weight excluding hydrogens is 412 g/mol. The molecule has 32 heavy (non-hydrogen) atoms. The highest BCUT2D eigenvalue weighted by molar-refractivity contribution is 5.93. The van der Waals surface area contributed by atoms with Gasteiger partial charge >= 0.3 is 11.7 Å². The highest BCUT2D eigenvalue weighted by Gasteiger charge is 2.13. The molecule has 0 aliphatic rings. The minimum atomic E-state index is -0.480. The summed E-state index contributed by atoms with van der Waals surface area (Å²) in [4.78, 5) is 41.0. The first-order valence-corrected chi connectivity index (χ1v) is 9.89. The minimum Gasteiger partial charge on any atom is -0.462 e. The van der Waals surface area contributed by atoms with Crippen molar-refractivity contribution in [1.82, 2.24) is 19.2 Å². The molecule has 0 aliphatic carbocycles. The summed E-state index contributed by atoms with van der Waals surface area (Å²) in [7, 11) is 0. The van der Waals surface area contributed by atoms with Crippen LogP contribution in [0.1, 0.15) is 17.3 Å². The third-order valence-electron chi connectivity index (χ3n) is 4.47. The van der Waals surface area contributed by atoms with E-state index in [1.807, 2.05) is 30.3 Å². The zero-order valence-electron chi connectivity index (χ0n) is 17.2. The molecule has 0 unspecified atom stereocenters. The van der Waals surface area contributed by atoms with Gasteiger partial charge in [0, 0.05) is 17.6 Å². The number of esters is 1.